The molecule has 5 nitrogen and oxygen atoms in total. The topological polar surface area (TPSA) is 55.6 Å². The van der Waals surface area contributed by atoms with Gasteiger partial charge in [0.2, 0.25) is 0 Å². The van der Waals surface area contributed by atoms with Crippen molar-refractivity contribution in [2.24, 2.45) is 0 Å². The van der Waals surface area contributed by atoms with Crippen LogP contribution in [0.15, 0.2) is 24.7 Å². The van der Waals surface area contributed by atoms with Crippen LogP contribution in [-0.4, -0.2) is 27.0 Å². The first kappa shape index (κ1) is 13.0. The molecule has 1 unspecified atom stereocenters. The summed E-state index contributed by atoms with van der Waals surface area (Å²) in [6, 6.07) is 1.88. The van der Waals surface area contributed by atoms with E-state index in [1.54, 1.807) is 18.6 Å². The van der Waals surface area contributed by atoms with Gasteiger partial charge in [0.15, 0.2) is 0 Å². The molecule has 1 N–H and O–H groups in total. The quantitative estimate of drug-likeness (QED) is 0.899. The molecule has 0 aliphatic heterocycles. The molecule has 0 bridgehead atoms. The van der Waals surface area contributed by atoms with E-state index in [9.17, 15) is 0 Å². The van der Waals surface area contributed by atoms with Crippen molar-refractivity contribution in [2.45, 2.75) is 25.9 Å². The zero-order valence-corrected chi connectivity index (χ0v) is 11.2. The lowest BCUT2D eigenvalue weighted by Crippen LogP contribution is -2.22. The summed E-state index contributed by atoms with van der Waals surface area (Å²) in [4.78, 5) is 4.00. The maximum atomic E-state index is 6.19. The van der Waals surface area contributed by atoms with E-state index in [-0.39, 0.29) is 6.04 Å². The van der Waals surface area contributed by atoms with Crippen LogP contribution in [0, 0.1) is 0 Å². The third kappa shape index (κ3) is 2.52. The average molecular weight is 266 g/mol. The highest BCUT2D eigenvalue weighted by atomic mass is 35.5. The number of aryl methyl sites for hydroxylation is 1. The number of pyridine rings is 1. The molecule has 1 atom stereocenters. The first-order valence-electron chi connectivity index (χ1n) is 5.93. The van der Waals surface area contributed by atoms with Gasteiger partial charge in [-0.3, -0.25) is 4.98 Å². The van der Waals surface area contributed by atoms with E-state index >= 15 is 0 Å². The van der Waals surface area contributed by atoms with Crippen LogP contribution >= 0.6 is 11.6 Å². The summed E-state index contributed by atoms with van der Waals surface area (Å²) in [5.41, 5.74) is 1.99. The van der Waals surface area contributed by atoms with Gasteiger partial charge in [-0.15, -0.1) is 5.10 Å². The average Bonchev–Trinajstić information content (AvgIpc) is 2.82. The Bertz CT molecular complexity index is 511. The summed E-state index contributed by atoms with van der Waals surface area (Å²) in [6.45, 7) is 2.95. The van der Waals surface area contributed by atoms with E-state index in [0.717, 1.165) is 24.2 Å². The fourth-order valence-electron chi connectivity index (χ4n) is 1.96. The minimum Gasteiger partial charge on any atom is -0.308 e. The summed E-state index contributed by atoms with van der Waals surface area (Å²) >= 11 is 6.19. The normalized spacial score (nSPS) is 12.6. The zero-order valence-electron chi connectivity index (χ0n) is 10.5. The first-order valence-corrected chi connectivity index (χ1v) is 6.30. The number of halogens is 1. The van der Waals surface area contributed by atoms with Crippen LogP contribution in [0.2, 0.25) is 5.02 Å². The van der Waals surface area contributed by atoms with E-state index in [1.807, 2.05) is 17.8 Å². The highest BCUT2D eigenvalue weighted by Crippen LogP contribution is 2.26. The highest BCUT2D eigenvalue weighted by Gasteiger charge is 2.19. The Kier molecular flexibility index (Phi) is 4.28. The second kappa shape index (κ2) is 5.93. The number of nitrogens with one attached hydrogen (secondary N) is 1. The molecule has 0 saturated heterocycles. The van der Waals surface area contributed by atoms with Crippen molar-refractivity contribution in [3.8, 4) is 0 Å². The fraction of sp³-hybridized carbons (Fsp3) is 0.417. The molecular weight excluding hydrogens is 250 g/mol. The Balaban J connectivity index is 2.39. The van der Waals surface area contributed by atoms with Gasteiger partial charge in [-0.25, -0.2) is 4.68 Å². The van der Waals surface area contributed by atoms with Gasteiger partial charge in [-0.1, -0.05) is 23.7 Å². The van der Waals surface area contributed by atoms with Gasteiger partial charge in [0.25, 0.3) is 0 Å². The Morgan fingerprint density at radius 3 is 2.94 bits per heavy atom. The summed E-state index contributed by atoms with van der Waals surface area (Å²) in [7, 11) is 1.89. The van der Waals surface area contributed by atoms with Crippen LogP contribution in [0.25, 0.3) is 0 Å². The maximum absolute atomic E-state index is 6.19. The van der Waals surface area contributed by atoms with E-state index in [4.69, 9.17) is 11.6 Å². The minimum atomic E-state index is -0.0259. The maximum Gasteiger partial charge on any atom is 0.0802 e. The lowest BCUT2D eigenvalue weighted by Gasteiger charge is -2.18. The van der Waals surface area contributed by atoms with Gasteiger partial charge < -0.3 is 5.32 Å². The molecule has 0 amide bonds. The van der Waals surface area contributed by atoms with Crippen molar-refractivity contribution in [1.29, 1.82) is 0 Å². The van der Waals surface area contributed by atoms with E-state index in [2.05, 4.69) is 27.5 Å². The van der Waals surface area contributed by atoms with E-state index < -0.39 is 0 Å². The van der Waals surface area contributed by atoms with Crippen LogP contribution in [0.3, 0.4) is 0 Å². The summed E-state index contributed by atoms with van der Waals surface area (Å²) < 4.78 is 1.90. The molecule has 2 aromatic rings. The van der Waals surface area contributed by atoms with Crippen molar-refractivity contribution < 1.29 is 0 Å². The standard InChI is InChI=1S/C12H16ClN5/c1-3-6-18-11(8-16-17-18)12(14-2)9-4-5-15-7-10(9)13/h4-5,7-8,12,14H,3,6H2,1-2H3. The van der Waals surface area contributed by atoms with Gasteiger partial charge in [0.1, 0.15) is 0 Å². The number of hydrogen-bond acceptors (Lipinski definition) is 4. The number of nitrogens with zero attached hydrogens (tertiary/aromatic N) is 4. The predicted molar refractivity (Wildman–Crippen MR) is 70.5 cm³/mol. The summed E-state index contributed by atoms with van der Waals surface area (Å²) in [5, 5.41) is 12.0. The van der Waals surface area contributed by atoms with Crippen LogP contribution in [0.1, 0.15) is 30.6 Å². The number of rotatable bonds is 5. The van der Waals surface area contributed by atoms with Crippen molar-refractivity contribution in [3.05, 3.63) is 40.9 Å². The molecule has 0 saturated carbocycles. The third-order valence-corrected chi connectivity index (χ3v) is 3.10. The molecule has 2 heterocycles. The van der Waals surface area contributed by atoms with Crippen molar-refractivity contribution in [2.75, 3.05) is 7.05 Å². The van der Waals surface area contributed by atoms with Crippen LogP contribution in [-0.2, 0) is 6.54 Å². The second-order valence-corrected chi connectivity index (χ2v) is 4.41. The smallest absolute Gasteiger partial charge is 0.0802 e. The van der Waals surface area contributed by atoms with E-state index in [0.29, 0.717) is 5.02 Å². The molecule has 2 aromatic heterocycles. The molecule has 0 aromatic carbocycles. The van der Waals surface area contributed by atoms with Crippen molar-refractivity contribution in [1.82, 2.24) is 25.3 Å². The Hall–Kier alpha value is -1.46. The number of hydrogen-bond donors (Lipinski definition) is 1. The van der Waals surface area contributed by atoms with Crippen molar-refractivity contribution in [3.63, 3.8) is 0 Å². The molecule has 0 radical (unpaired) electrons. The predicted octanol–water partition coefficient (Wildman–Crippen LogP) is 2.05. The minimum absolute atomic E-state index is 0.0259. The highest BCUT2D eigenvalue weighted by molar-refractivity contribution is 6.31. The molecular formula is C12H16ClN5. The lowest BCUT2D eigenvalue weighted by atomic mass is 10.1. The van der Waals surface area contributed by atoms with Gasteiger partial charge in [0.05, 0.1) is 23.0 Å². The Morgan fingerprint density at radius 1 is 1.44 bits per heavy atom. The monoisotopic (exact) mass is 265 g/mol. The lowest BCUT2D eigenvalue weighted by molar-refractivity contribution is 0.523. The van der Waals surface area contributed by atoms with Gasteiger partial charge >= 0.3 is 0 Å². The molecule has 0 fully saturated rings. The van der Waals surface area contributed by atoms with Crippen LogP contribution in [0.4, 0.5) is 0 Å². The Labute approximate surface area is 111 Å². The third-order valence-electron chi connectivity index (χ3n) is 2.78. The second-order valence-electron chi connectivity index (χ2n) is 4.00. The van der Waals surface area contributed by atoms with E-state index in [1.165, 1.54) is 0 Å². The molecule has 6 heteroatoms. The van der Waals surface area contributed by atoms with Gasteiger partial charge in [-0.05, 0) is 25.1 Å². The van der Waals surface area contributed by atoms with Gasteiger partial charge in [0, 0.05) is 18.9 Å². The molecule has 0 spiro atoms. The molecule has 96 valence electrons. The fourth-order valence-corrected chi connectivity index (χ4v) is 2.19. The Morgan fingerprint density at radius 2 is 2.28 bits per heavy atom. The molecule has 18 heavy (non-hydrogen) atoms. The molecule has 2 rings (SSSR count). The molecule has 0 aliphatic rings. The van der Waals surface area contributed by atoms with Crippen LogP contribution < -0.4 is 5.32 Å². The molecule has 0 aliphatic carbocycles. The summed E-state index contributed by atoms with van der Waals surface area (Å²) in [5.74, 6) is 0. The largest absolute Gasteiger partial charge is 0.308 e. The zero-order chi connectivity index (χ0) is 13.0. The summed E-state index contributed by atoms with van der Waals surface area (Å²) in [6.07, 6.45) is 6.17. The number of aromatic nitrogens is 4. The first-order chi connectivity index (χ1) is 8.77. The SMILES string of the molecule is CCCn1nncc1C(NC)c1ccncc1Cl. The van der Waals surface area contributed by atoms with Gasteiger partial charge in [-0.2, -0.15) is 0 Å². The van der Waals surface area contributed by atoms with Crippen molar-refractivity contribution >= 4 is 11.6 Å². The van der Waals surface area contributed by atoms with Crippen LogP contribution in [0.5, 0.6) is 0 Å².